The van der Waals surface area contributed by atoms with Gasteiger partial charge in [0.15, 0.2) is 0 Å². The van der Waals surface area contributed by atoms with Crippen LogP contribution in [0.15, 0.2) is 12.1 Å². The number of fused-ring (bicyclic) bond motifs is 1. The largest absolute Gasteiger partial charge is 0.325 e. The van der Waals surface area contributed by atoms with Crippen LogP contribution in [0, 0.1) is 5.82 Å². The van der Waals surface area contributed by atoms with Crippen LogP contribution in [0.2, 0.25) is 5.02 Å². The van der Waals surface area contributed by atoms with Gasteiger partial charge < -0.3 is 5.32 Å². The summed E-state index contributed by atoms with van der Waals surface area (Å²) in [5, 5.41) is 2.82. The lowest BCUT2D eigenvalue weighted by atomic mass is 10.1. The maximum Gasteiger partial charge on any atom is 0.228 e. The predicted molar refractivity (Wildman–Crippen MR) is 43.7 cm³/mol. The van der Waals surface area contributed by atoms with E-state index >= 15 is 0 Å². The van der Waals surface area contributed by atoms with Gasteiger partial charge in [0.2, 0.25) is 5.91 Å². The summed E-state index contributed by atoms with van der Waals surface area (Å²) in [7, 11) is 0. The molecule has 0 aliphatic carbocycles. The Morgan fingerprint density at radius 2 is 2.25 bits per heavy atom. The van der Waals surface area contributed by atoms with Crippen molar-refractivity contribution >= 4 is 23.2 Å². The third-order valence-corrected chi connectivity index (χ3v) is 1.99. The quantitative estimate of drug-likeness (QED) is 0.658. The SMILES string of the molecule is O=C1Cc2c(F)cc(Cl)cc2N1. The number of rotatable bonds is 0. The van der Waals surface area contributed by atoms with E-state index in [2.05, 4.69) is 5.32 Å². The highest BCUT2D eigenvalue weighted by molar-refractivity contribution is 6.31. The Morgan fingerprint density at radius 1 is 1.50 bits per heavy atom. The summed E-state index contributed by atoms with van der Waals surface area (Å²) in [6, 6.07) is 2.76. The molecule has 12 heavy (non-hydrogen) atoms. The minimum atomic E-state index is -0.421. The van der Waals surface area contributed by atoms with Gasteiger partial charge in [-0.05, 0) is 12.1 Å². The Bertz CT molecular complexity index is 364. The molecule has 0 fully saturated rings. The molecule has 4 heteroatoms. The second kappa shape index (κ2) is 2.45. The number of carbonyl (C=O) groups is 1. The number of anilines is 1. The van der Waals surface area contributed by atoms with Gasteiger partial charge in [-0.1, -0.05) is 11.6 Å². The maximum absolute atomic E-state index is 13.0. The summed E-state index contributed by atoms with van der Waals surface area (Å²) in [5.74, 6) is -0.609. The summed E-state index contributed by atoms with van der Waals surface area (Å²) in [6.45, 7) is 0. The van der Waals surface area contributed by atoms with Gasteiger partial charge >= 0.3 is 0 Å². The molecule has 0 atom stereocenters. The molecule has 1 aromatic rings. The lowest BCUT2D eigenvalue weighted by Gasteiger charge is -1.99. The van der Waals surface area contributed by atoms with E-state index in [9.17, 15) is 9.18 Å². The van der Waals surface area contributed by atoms with Gasteiger partial charge in [0, 0.05) is 16.3 Å². The zero-order valence-corrected chi connectivity index (χ0v) is 6.78. The highest BCUT2D eigenvalue weighted by atomic mass is 35.5. The number of carbonyl (C=O) groups excluding carboxylic acids is 1. The fourth-order valence-electron chi connectivity index (χ4n) is 1.25. The summed E-state index contributed by atoms with van der Waals surface area (Å²) in [6.07, 6.45) is 0.109. The first-order valence-corrected chi connectivity index (χ1v) is 3.82. The second-order valence-electron chi connectivity index (χ2n) is 2.64. The molecule has 1 N–H and O–H groups in total. The van der Waals surface area contributed by atoms with Crippen molar-refractivity contribution in [3.63, 3.8) is 0 Å². The number of halogens is 2. The van der Waals surface area contributed by atoms with Crippen molar-refractivity contribution in [3.8, 4) is 0 Å². The molecule has 0 spiro atoms. The minimum Gasteiger partial charge on any atom is -0.325 e. The van der Waals surface area contributed by atoms with Crippen molar-refractivity contribution in [1.82, 2.24) is 0 Å². The van der Waals surface area contributed by atoms with Crippen LogP contribution in [0.1, 0.15) is 5.56 Å². The van der Waals surface area contributed by atoms with Crippen LogP contribution in [0.3, 0.4) is 0 Å². The van der Waals surface area contributed by atoms with Crippen molar-refractivity contribution < 1.29 is 9.18 Å². The fourth-order valence-corrected chi connectivity index (χ4v) is 1.45. The molecular formula is C8H5ClFNO. The zero-order chi connectivity index (χ0) is 8.72. The van der Waals surface area contributed by atoms with Crippen LogP contribution in [-0.4, -0.2) is 5.91 Å². The Balaban J connectivity index is 2.59. The second-order valence-corrected chi connectivity index (χ2v) is 3.08. The van der Waals surface area contributed by atoms with Gasteiger partial charge in [-0.3, -0.25) is 4.79 Å². The predicted octanol–water partition coefficient (Wildman–Crippen LogP) is 1.97. The van der Waals surface area contributed by atoms with Crippen molar-refractivity contribution in [3.05, 3.63) is 28.5 Å². The van der Waals surface area contributed by atoms with Crippen molar-refractivity contribution in [1.29, 1.82) is 0 Å². The van der Waals surface area contributed by atoms with Crippen LogP contribution >= 0.6 is 11.6 Å². The molecule has 2 rings (SSSR count). The van der Waals surface area contributed by atoms with E-state index in [1.165, 1.54) is 6.07 Å². The molecule has 1 aromatic carbocycles. The summed E-state index contributed by atoms with van der Waals surface area (Å²) >= 11 is 5.59. The standard InChI is InChI=1S/C8H5ClFNO/c9-4-1-6(10)5-3-8(12)11-7(5)2-4/h1-2H,3H2,(H,11,12). The van der Waals surface area contributed by atoms with E-state index in [4.69, 9.17) is 11.6 Å². The maximum atomic E-state index is 13.0. The smallest absolute Gasteiger partial charge is 0.228 e. The molecule has 1 heterocycles. The molecule has 1 aliphatic rings. The Hall–Kier alpha value is -1.09. The van der Waals surface area contributed by atoms with Crippen molar-refractivity contribution in [2.75, 3.05) is 5.32 Å². The van der Waals surface area contributed by atoms with E-state index in [-0.39, 0.29) is 12.3 Å². The van der Waals surface area contributed by atoms with E-state index in [1.54, 1.807) is 6.07 Å². The van der Waals surface area contributed by atoms with E-state index in [0.29, 0.717) is 16.3 Å². The van der Waals surface area contributed by atoms with Crippen LogP contribution in [0.25, 0.3) is 0 Å². The molecular weight excluding hydrogens is 181 g/mol. The monoisotopic (exact) mass is 185 g/mol. The third kappa shape index (κ3) is 1.06. The number of hydrogen-bond donors (Lipinski definition) is 1. The molecule has 0 radical (unpaired) electrons. The average Bonchev–Trinajstić information content (AvgIpc) is 2.29. The highest BCUT2D eigenvalue weighted by Crippen LogP contribution is 2.28. The van der Waals surface area contributed by atoms with E-state index < -0.39 is 5.82 Å². The lowest BCUT2D eigenvalue weighted by Crippen LogP contribution is -2.03. The van der Waals surface area contributed by atoms with E-state index in [0.717, 1.165) is 0 Å². The Labute approximate surface area is 73.3 Å². The minimum absolute atomic E-state index is 0.109. The van der Waals surface area contributed by atoms with Gasteiger partial charge in [0.25, 0.3) is 0 Å². The molecule has 0 unspecified atom stereocenters. The van der Waals surface area contributed by atoms with Crippen molar-refractivity contribution in [2.45, 2.75) is 6.42 Å². The highest BCUT2D eigenvalue weighted by Gasteiger charge is 2.21. The van der Waals surface area contributed by atoms with Crippen LogP contribution in [-0.2, 0) is 11.2 Å². The van der Waals surface area contributed by atoms with Gasteiger partial charge in [0.05, 0.1) is 6.42 Å². The topological polar surface area (TPSA) is 29.1 Å². The summed E-state index contributed by atoms with van der Waals surface area (Å²) < 4.78 is 13.0. The first-order chi connectivity index (χ1) is 5.66. The molecule has 2 nitrogen and oxygen atoms in total. The fraction of sp³-hybridized carbons (Fsp3) is 0.125. The number of hydrogen-bond acceptors (Lipinski definition) is 1. The first-order valence-electron chi connectivity index (χ1n) is 3.44. The van der Waals surface area contributed by atoms with Crippen molar-refractivity contribution in [2.24, 2.45) is 0 Å². The summed E-state index contributed by atoms with van der Waals surface area (Å²) in [5.41, 5.74) is 0.898. The number of nitrogens with one attached hydrogen (secondary N) is 1. The first kappa shape index (κ1) is 7.55. The molecule has 0 bridgehead atoms. The van der Waals surface area contributed by atoms with Crippen LogP contribution in [0.4, 0.5) is 10.1 Å². The lowest BCUT2D eigenvalue weighted by molar-refractivity contribution is -0.115. The summed E-state index contributed by atoms with van der Waals surface area (Å²) in [4.78, 5) is 10.8. The zero-order valence-electron chi connectivity index (χ0n) is 6.03. The molecule has 0 aromatic heterocycles. The van der Waals surface area contributed by atoms with Gasteiger partial charge in [-0.15, -0.1) is 0 Å². The van der Waals surface area contributed by atoms with E-state index in [1.807, 2.05) is 0 Å². The van der Waals surface area contributed by atoms with Crippen LogP contribution < -0.4 is 5.32 Å². The third-order valence-electron chi connectivity index (χ3n) is 1.77. The normalized spacial score (nSPS) is 14.3. The number of amides is 1. The van der Waals surface area contributed by atoms with Crippen LogP contribution in [0.5, 0.6) is 0 Å². The van der Waals surface area contributed by atoms with Gasteiger partial charge in [0.1, 0.15) is 5.82 Å². The number of benzene rings is 1. The molecule has 1 aliphatic heterocycles. The molecule has 0 saturated carbocycles. The Morgan fingerprint density at radius 3 is 3.00 bits per heavy atom. The molecule has 0 saturated heterocycles. The molecule has 1 amide bonds. The van der Waals surface area contributed by atoms with Gasteiger partial charge in [-0.25, -0.2) is 4.39 Å². The average molecular weight is 186 g/mol. The molecule has 62 valence electrons. The Kier molecular flexibility index (Phi) is 1.54. The van der Waals surface area contributed by atoms with Gasteiger partial charge in [-0.2, -0.15) is 0 Å².